The lowest BCUT2D eigenvalue weighted by Gasteiger charge is -2.04. The van der Waals surface area contributed by atoms with Gasteiger partial charge in [0.15, 0.2) is 0 Å². The summed E-state index contributed by atoms with van der Waals surface area (Å²) in [6.07, 6.45) is 21.0. The largest absolute Gasteiger partial charge is 0.369 e. The summed E-state index contributed by atoms with van der Waals surface area (Å²) in [5.41, 5.74) is 5.06. The van der Waals surface area contributed by atoms with Crippen LogP contribution in [0.5, 0.6) is 0 Å². The van der Waals surface area contributed by atoms with Gasteiger partial charge in [0.2, 0.25) is 16.2 Å². The number of hydrogen-bond acceptors (Lipinski definition) is 3. The second kappa shape index (κ2) is 18.9. The Morgan fingerprint density at radius 3 is 1.31 bits per heavy atom. The van der Waals surface area contributed by atoms with Crippen LogP contribution in [-0.4, -0.2) is 19.2 Å². The molecule has 26 heavy (non-hydrogen) atoms. The molecule has 0 unspecified atom stereocenters. The Morgan fingerprint density at radius 1 is 0.654 bits per heavy atom. The van der Waals surface area contributed by atoms with E-state index >= 15 is 0 Å². The number of carbonyl (C=O) groups excluding carboxylic acids is 1. The molecule has 0 aliphatic heterocycles. The summed E-state index contributed by atoms with van der Waals surface area (Å²) in [4.78, 5) is 11.1. The number of rotatable bonds is 19. The number of carbonyl (C=O) groups is 1. The fraction of sp³-hybridized carbons (Fsp3) is 0.905. The van der Waals surface area contributed by atoms with E-state index in [1.165, 1.54) is 83.5 Å². The van der Waals surface area contributed by atoms with E-state index in [4.69, 9.17) is 5.73 Å². The van der Waals surface area contributed by atoms with Crippen molar-refractivity contribution in [3.8, 4) is 0 Å². The van der Waals surface area contributed by atoms with Crippen LogP contribution >= 0.6 is 0 Å². The molecule has 0 heterocycles. The second-order valence-corrected chi connectivity index (χ2v) is 8.52. The summed E-state index contributed by atoms with van der Waals surface area (Å²) in [6.45, 7) is 2.26. The molecular weight excluding hydrogens is 346 g/mol. The Hall–Kier alpha value is -0.840. The van der Waals surface area contributed by atoms with Gasteiger partial charge >= 0.3 is 0 Å². The van der Waals surface area contributed by atoms with Gasteiger partial charge < -0.3 is 5.73 Å². The smallest absolute Gasteiger partial charge is 0.222 e. The molecule has 1 amide bonds. The Kier molecular flexibility index (Phi) is 18.3. The third kappa shape index (κ3) is 18.0. The molecule has 0 rings (SSSR count). The predicted octanol–water partition coefficient (Wildman–Crippen LogP) is 5.56. The van der Waals surface area contributed by atoms with E-state index in [-0.39, 0.29) is 11.3 Å². The Labute approximate surface area is 162 Å². The summed E-state index contributed by atoms with van der Waals surface area (Å²) in [5, 5.41) is 0. The van der Waals surface area contributed by atoms with Crippen molar-refractivity contribution in [2.75, 3.05) is 0 Å². The minimum Gasteiger partial charge on any atom is -0.369 e. The lowest BCUT2D eigenvalue weighted by atomic mass is 10.0. The van der Waals surface area contributed by atoms with E-state index < -0.39 is 16.2 Å². The monoisotopic (exact) mass is 387 g/mol. The standard InChI is InChI=1S/C21H41NO3S/c1-2-3-4-5-6-7-8-9-10-11-12-13-14-15-16-17-18-20(26(24)25)19-21(22)23/h2-19H2,1H3,(H2,22,23). The molecule has 154 valence electrons. The highest BCUT2D eigenvalue weighted by Gasteiger charge is 2.05. The van der Waals surface area contributed by atoms with Crippen LogP contribution in [0.3, 0.4) is 0 Å². The third-order valence-corrected chi connectivity index (χ3v) is 5.74. The highest BCUT2D eigenvalue weighted by molar-refractivity contribution is 7.73. The summed E-state index contributed by atoms with van der Waals surface area (Å²) < 4.78 is 22.0. The van der Waals surface area contributed by atoms with E-state index in [2.05, 4.69) is 6.92 Å². The molecule has 0 atom stereocenters. The molecule has 0 aromatic rings. The molecule has 0 saturated heterocycles. The Balaban J connectivity index is 3.31. The maximum atomic E-state index is 11.0. The lowest BCUT2D eigenvalue weighted by Crippen LogP contribution is -2.16. The van der Waals surface area contributed by atoms with Crippen molar-refractivity contribution in [1.29, 1.82) is 0 Å². The molecule has 0 fully saturated rings. The topological polar surface area (TPSA) is 77.2 Å². The normalized spacial score (nSPS) is 10.8. The van der Waals surface area contributed by atoms with Gasteiger partial charge in [0, 0.05) is 0 Å². The minimum absolute atomic E-state index is 0.130. The minimum atomic E-state index is -2.28. The van der Waals surface area contributed by atoms with Crippen molar-refractivity contribution in [1.82, 2.24) is 0 Å². The number of unbranched alkanes of at least 4 members (excludes halogenated alkanes) is 15. The van der Waals surface area contributed by atoms with Gasteiger partial charge in [0.05, 0.1) is 11.3 Å². The van der Waals surface area contributed by atoms with Crippen molar-refractivity contribution >= 4 is 21.1 Å². The van der Waals surface area contributed by atoms with E-state index in [9.17, 15) is 13.2 Å². The zero-order chi connectivity index (χ0) is 19.5. The van der Waals surface area contributed by atoms with Crippen LogP contribution < -0.4 is 5.73 Å². The van der Waals surface area contributed by atoms with Crippen molar-refractivity contribution in [2.24, 2.45) is 5.73 Å². The van der Waals surface area contributed by atoms with E-state index in [1.807, 2.05) is 0 Å². The van der Waals surface area contributed by atoms with E-state index in [0.29, 0.717) is 6.42 Å². The second-order valence-electron chi connectivity index (χ2n) is 7.47. The summed E-state index contributed by atoms with van der Waals surface area (Å²) in [5.74, 6) is -0.569. The van der Waals surface area contributed by atoms with E-state index in [1.54, 1.807) is 0 Å². The molecule has 0 aromatic heterocycles. The maximum absolute atomic E-state index is 11.0. The number of primary amides is 1. The van der Waals surface area contributed by atoms with Crippen LogP contribution in [0.4, 0.5) is 0 Å². The molecule has 0 aromatic carbocycles. The van der Waals surface area contributed by atoms with Gasteiger partial charge in [-0.05, 0) is 12.8 Å². The molecule has 2 N–H and O–H groups in total. The van der Waals surface area contributed by atoms with E-state index in [0.717, 1.165) is 19.3 Å². The molecule has 5 heteroatoms. The van der Waals surface area contributed by atoms with Gasteiger partial charge in [-0.15, -0.1) is 0 Å². The molecule has 0 saturated carbocycles. The van der Waals surface area contributed by atoms with Crippen molar-refractivity contribution in [2.45, 2.75) is 122 Å². The SMILES string of the molecule is CCCCCCCCCCCCCCCCCCC(CC(N)=O)=S(=O)=O. The van der Waals surface area contributed by atoms with Crippen molar-refractivity contribution in [3.63, 3.8) is 0 Å². The predicted molar refractivity (Wildman–Crippen MR) is 112 cm³/mol. The average molecular weight is 388 g/mol. The van der Waals surface area contributed by atoms with Crippen LogP contribution in [-0.2, 0) is 15.1 Å². The average Bonchev–Trinajstić information content (AvgIpc) is 2.59. The van der Waals surface area contributed by atoms with Crippen LogP contribution in [0, 0.1) is 0 Å². The molecule has 0 aliphatic rings. The number of hydrogen-bond donors (Lipinski definition) is 1. The highest BCUT2D eigenvalue weighted by Crippen LogP contribution is 2.14. The van der Waals surface area contributed by atoms with Gasteiger partial charge in [-0.3, -0.25) is 4.79 Å². The highest BCUT2D eigenvalue weighted by atomic mass is 32.2. The fourth-order valence-corrected chi connectivity index (χ4v) is 3.87. The first-order valence-electron chi connectivity index (χ1n) is 10.8. The Bertz CT molecular complexity index is 464. The Morgan fingerprint density at radius 2 is 1.00 bits per heavy atom. The summed E-state index contributed by atoms with van der Waals surface area (Å²) in [6, 6.07) is 0. The van der Waals surface area contributed by atoms with Crippen LogP contribution in [0.15, 0.2) is 0 Å². The zero-order valence-electron chi connectivity index (χ0n) is 16.9. The quantitative estimate of drug-likeness (QED) is 0.233. The maximum Gasteiger partial charge on any atom is 0.222 e. The van der Waals surface area contributed by atoms with Crippen molar-refractivity contribution in [3.05, 3.63) is 0 Å². The number of nitrogens with two attached hydrogens (primary N) is 1. The third-order valence-electron chi connectivity index (χ3n) is 4.92. The molecule has 0 bridgehead atoms. The first-order valence-corrected chi connectivity index (χ1v) is 11.9. The van der Waals surface area contributed by atoms with Gasteiger partial charge in [-0.1, -0.05) is 103 Å². The zero-order valence-corrected chi connectivity index (χ0v) is 17.8. The summed E-state index contributed by atoms with van der Waals surface area (Å²) in [7, 11) is -2.28. The molecule has 4 nitrogen and oxygen atoms in total. The van der Waals surface area contributed by atoms with Crippen molar-refractivity contribution < 1.29 is 13.2 Å². The van der Waals surface area contributed by atoms with Crippen LogP contribution in [0.25, 0.3) is 0 Å². The molecule has 0 radical (unpaired) electrons. The summed E-state index contributed by atoms with van der Waals surface area (Å²) >= 11 is 0. The first kappa shape index (κ1) is 25.2. The van der Waals surface area contributed by atoms with Gasteiger partial charge in [0.1, 0.15) is 0 Å². The van der Waals surface area contributed by atoms with Gasteiger partial charge in [-0.2, -0.15) is 8.42 Å². The first-order chi connectivity index (χ1) is 12.6. The molecule has 0 aliphatic carbocycles. The fourth-order valence-electron chi connectivity index (χ4n) is 3.30. The lowest BCUT2D eigenvalue weighted by molar-refractivity contribution is -0.116. The molecular formula is C21H41NO3S. The van der Waals surface area contributed by atoms with Crippen LogP contribution in [0.1, 0.15) is 122 Å². The van der Waals surface area contributed by atoms with Gasteiger partial charge in [0.25, 0.3) is 0 Å². The molecule has 0 spiro atoms. The van der Waals surface area contributed by atoms with Gasteiger partial charge in [-0.25, -0.2) is 0 Å². The van der Waals surface area contributed by atoms with Crippen LogP contribution in [0.2, 0.25) is 0 Å². The number of amides is 1.